The van der Waals surface area contributed by atoms with Crippen molar-refractivity contribution in [2.24, 2.45) is 0 Å². The van der Waals surface area contributed by atoms with Gasteiger partial charge in [0.15, 0.2) is 0 Å². The molecule has 136 valence electrons. The van der Waals surface area contributed by atoms with Gasteiger partial charge in [0.1, 0.15) is 0 Å². The van der Waals surface area contributed by atoms with Crippen molar-refractivity contribution in [1.29, 1.82) is 0 Å². The Kier molecular flexibility index (Phi) is 16.6. The van der Waals surface area contributed by atoms with E-state index in [2.05, 4.69) is 6.92 Å². The zero-order valence-electron chi connectivity index (χ0n) is 15.4. The molecule has 0 atom stereocenters. The Morgan fingerprint density at radius 3 is 2.04 bits per heavy atom. The average molecular weight is 327 g/mol. The number of unbranched alkanes of at least 4 members (excludes halogenated alkanes) is 10. The summed E-state index contributed by atoms with van der Waals surface area (Å²) >= 11 is 0. The Bertz CT molecular complexity index is 297. The van der Waals surface area contributed by atoms with Gasteiger partial charge in [-0.25, -0.2) is 0 Å². The maximum atomic E-state index is 11.2. The standard InChI is InChI=1S/C20H38O3/c1-3-5-6-7-10-13-16-19(21)17-14-11-8-9-12-15-18-20(22)23-4-2/h17,21H,3-16,18H2,1-2H3/b19-17+. The van der Waals surface area contributed by atoms with Crippen LogP contribution in [-0.2, 0) is 9.53 Å². The van der Waals surface area contributed by atoms with E-state index in [1.165, 1.54) is 38.5 Å². The molecule has 0 amide bonds. The smallest absolute Gasteiger partial charge is 0.305 e. The highest BCUT2D eigenvalue weighted by atomic mass is 16.5. The molecule has 23 heavy (non-hydrogen) atoms. The minimum absolute atomic E-state index is 0.0740. The topological polar surface area (TPSA) is 46.5 Å². The van der Waals surface area contributed by atoms with Crippen molar-refractivity contribution < 1.29 is 14.6 Å². The Hall–Kier alpha value is -0.990. The lowest BCUT2D eigenvalue weighted by molar-refractivity contribution is -0.143. The minimum Gasteiger partial charge on any atom is -0.513 e. The summed E-state index contributed by atoms with van der Waals surface area (Å²) < 4.78 is 4.90. The summed E-state index contributed by atoms with van der Waals surface area (Å²) in [6.45, 7) is 4.55. The molecular weight excluding hydrogens is 288 g/mol. The summed E-state index contributed by atoms with van der Waals surface area (Å²) in [5.74, 6) is 0.498. The van der Waals surface area contributed by atoms with E-state index in [0.717, 1.165) is 44.9 Å². The van der Waals surface area contributed by atoms with Crippen molar-refractivity contribution in [3.05, 3.63) is 11.8 Å². The summed E-state index contributed by atoms with van der Waals surface area (Å²) in [5.41, 5.74) is 0. The van der Waals surface area contributed by atoms with E-state index in [4.69, 9.17) is 4.74 Å². The minimum atomic E-state index is -0.0740. The second-order valence-corrected chi connectivity index (χ2v) is 6.32. The van der Waals surface area contributed by atoms with Crippen LogP contribution in [0.1, 0.15) is 104 Å². The third-order valence-electron chi connectivity index (χ3n) is 4.06. The zero-order valence-corrected chi connectivity index (χ0v) is 15.4. The molecule has 0 aliphatic carbocycles. The van der Waals surface area contributed by atoms with Crippen LogP contribution >= 0.6 is 0 Å². The molecule has 0 aliphatic heterocycles. The first-order valence-corrected chi connectivity index (χ1v) is 9.74. The Balaban J connectivity index is 3.33. The number of ether oxygens (including phenoxy) is 1. The molecule has 0 bridgehead atoms. The van der Waals surface area contributed by atoms with Crippen LogP contribution in [0.5, 0.6) is 0 Å². The zero-order chi connectivity index (χ0) is 17.2. The van der Waals surface area contributed by atoms with Crippen LogP contribution in [0.2, 0.25) is 0 Å². The molecule has 0 saturated heterocycles. The first-order chi connectivity index (χ1) is 11.2. The van der Waals surface area contributed by atoms with Crippen LogP contribution in [0.4, 0.5) is 0 Å². The van der Waals surface area contributed by atoms with E-state index >= 15 is 0 Å². The predicted octanol–water partition coefficient (Wildman–Crippen LogP) is 6.47. The Labute approximate surface area is 143 Å². The van der Waals surface area contributed by atoms with Crippen molar-refractivity contribution in [3.8, 4) is 0 Å². The fourth-order valence-electron chi connectivity index (χ4n) is 2.63. The van der Waals surface area contributed by atoms with E-state index in [1.807, 2.05) is 13.0 Å². The van der Waals surface area contributed by atoms with Crippen molar-refractivity contribution >= 4 is 5.97 Å². The maximum Gasteiger partial charge on any atom is 0.305 e. The van der Waals surface area contributed by atoms with Crippen LogP contribution in [0.25, 0.3) is 0 Å². The number of hydrogen-bond donors (Lipinski definition) is 1. The summed E-state index contributed by atoms with van der Waals surface area (Å²) in [6.07, 6.45) is 17.4. The van der Waals surface area contributed by atoms with Crippen LogP contribution in [0.15, 0.2) is 11.8 Å². The van der Waals surface area contributed by atoms with E-state index in [1.54, 1.807) is 0 Å². The number of allylic oxidation sites excluding steroid dienone is 2. The molecule has 0 aromatic carbocycles. The van der Waals surface area contributed by atoms with E-state index in [0.29, 0.717) is 18.8 Å². The highest BCUT2D eigenvalue weighted by Crippen LogP contribution is 2.12. The first kappa shape index (κ1) is 22.0. The number of aliphatic hydroxyl groups excluding tert-OH is 1. The molecule has 0 heterocycles. The van der Waals surface area contributed by atoms with Gasteiger partial charge < -0.3 is 9.84 Å². The second kappa shape index (κ2) is 17.4. The molecule has 0 radical (unpaired) electrons. The number of carbonyl (C=O) groups excluding carboxylic acids is 1. The number of aliphatic hydroxyl groups is 1. The number of hydrogen-bond acceptors (Lipinski definition) is 3. The van der Waals surface area contributed by atoms with Gasteiger partial charge in [0.2, 0.25) is 0 Å². The molecule has 0 rings (SSSR count). The molecule has 3 nitrogen and oxygen atoms in total. The first-order valence-electron chi connectivity index (χ1n) is 9.74. The molecule has 0 aromatic rings. The lowest BCUT2D eigenvalue weighted by Crippen LogP contribution is -2.03. The maximum absolute atomic E-state index is 11.2. The van der Waals surface area contributed by atoms with Gasteiger partial charge in [0.05, 0.1) is 12.4 Å². The van der Waals surface area contributed by atoms with Gasteiger partial charge in [-0.2, -0.15) is 0 Å². The van der Waals surface area contributed by atoms with Crippen molar-refractivity contribution in [1.82, 2.24) is 0 Å². The largest absolute Gasteiger partial charge is 0.513 e. The third kappa shape index (κ3) is 17.2. The summed E-state index contributed by atoms with van der Waals surface area (Å²) in [7, 11) is 0. The normalized spacial score (nSPS) is 11.7. The highest BCUT2D eigenvalue weighted by Gasteiger charge is 2.00. The van der Waals surface area contributed by atoms with Gasteiger partial charge in [0.25, 0.3) is 0 Å². The Morgan fingerprint density at radius 2 is 1.39 bits per heavy atom. The van der Waals surface area contributed by atoms with Gasteiger partial charge in [-0.1, -0.05) is 58.3 Å². The molecule has 0 aliphatic rings. The number of esters is 1. The molecule has 0 aromatic heterocycles. The highest BCUT2D eigenvalue weighted by molar-refractivity contribution is 5.69. The van der Waals surface area contributed by atoms with Gasteiger partial charge in [0, 0.05) is 12.8 Å². The van der Waals surface area contributed by atoms with Gasteiger partial charge in [-0.15, -0.1) is 0 Å². The lowest BCUT2D eigenvalue weighted by Gasteiger charge is -2.03. The molecular formula is C20H38O3. The summed E-state index contributed by atoms with van der Waals surface area (Å²) in [4.78, 5) is 11.2. The average Bonchev–Trinajstić information content (AvgIpc) is 2.53. The van der Waals surface area contributed by atoms with E-state index in [9.17, 15) is 9.90 Å². The molecule has 0 spiro atoms. The summed E-state index contributed by atoms with van der Waals surface area (Å²) in [6, 6.07) is 0. The van der Waals surface area contributed by atoms with E-state index in [-0.39, 0.29) is 5.97 Å². The number of carbonyl (C=O) groups is 1. The second-order valence-electron chi connectivity index (χ2n) is 6.32. The third-order valence-corrected chi connectivity index (χ3v) is 4.06. The molecule has 0 fully saturated rings. The van der Waals surface area contributed by atoms with Crippen molar-refractivity contribution in [2.75, 3.05) is 6.61 Å². The Morgan fingerprint density at radius 1 is 0.826 bits per heavy atom. The number of rotatable bonds is 16. The monoisotopic (exact) mass is 326 g/mol. The molecule has 3 heteroatoms. The lowest BCUT2D eigenvalue weighted by atomic mass is 10.1. The van der Waals surface area contributed by atoms with Crippen molar-refractivity contribution in [2.45, 2.75) is 104 Å². The quantitative estimate of drug-likeness (QED) is 0.201. The van der Waals surface area contributed by atoms with Gasteiger partial charge in [-0.3, -0.25) is 4.79 Å². The fraction of sp³-hybridized carbons (Fsp3) is 0.850. The predicted molar refractivity (Wildman–Crippen MR) is 97.7 cm³/mol. The fourth-order valence-corrected chi connectivity index (χ4v) is 2.63. The molecule has 0 saturated carbocycles. The van der Waals surface area contributed by atoms with Gasteiger partial charge >= 0.3 is 5.97 Å². The molecule has 1 N–H and O–H groups in total. The SMILES string of the molecule is CCCCCCCC/C(O)=C\CCCCCCCC(=O)OCC. The van der Waals surface area contributed by atoms with Crippen LogP contribution in [0, 0.1) is 0 Å². The molecule has 0 unspecified atom stereocenters. The van der Waals surface area contributed by atoms with E-state index < -0.39 is 0 Å². The van der Waals surface area contributed by atoms with Crippen LogP contribution in [-0.4, -0.2) is 17.7 Å². The van der Waals surface area contributed by atoms with Crippen LogP contribution < -0.4 is 0 Å². The van der Waals surface area contributed by atoms with Crippen LogP contribution in [0.3, 0.4) is 0 Å². The van der Waals surface area contributed by atoms with Crippen molar-refractivity contribution in [3.63, 3.8) is 0 Å². The van der Waals surface area contributed by atoms with Gasteiger partial charge in [-0.05, 0) is 38.7 Å². The summed E-state index contributed by atoms with van der Waals surface area (Å²) in [5, 5.41) is 9.81.